The van der Waals surface area contributed by atoms with E-state index in [0.717, 1.165) is 32.4 Å². The quantitative estimate of drug-likeness (QED) is 0.918. The van der Waals surface area contributed by atoms with E-state index in [1.807, 2.05) is 18.2 Å². The maximum atomic E-state index is 11.4. The van der Waals surface area contributed by atoms with Crippen LogP contribution in [0, 0.1) is 0 Å². The first-order valence-electron chi connectivity index (χ1n) is 7.62. The summed E-state index contributed by atoms with van der Waals surface area (Å²) in [6, 6.07) is 10.2. The summed E-state index contributed by atoms with van der Waals surface area (Å²) < 4.78 is 0. The summed E-state index contributed by atoms with van der Waals surface area (Å²) in [5.41, 5.74) is 1.43. The molecule has 0 unspecified atom stereocenters. The number of aromatic carboxylic acids is 1. The van der Waals surface area contributed by atoms with Crippen molar-refractivity contribution in [3.05, 3.63) is 53.5 Å². The van der Waals surface area contributed by atoms with Gasteiger partial charge in [0.25, 0.3) is 0 Å². The van der Waals surface area contributed by atoms with Crippen LogP contribution in [0.2, 0.25) is 0 Å². The van der Waals surface area contributed by atoms with Gasteiger partial charge in [-0.25, -0.2) is 14.8 Å². The van der Waals surface area contributed by atoms with Crippen LogP contribution in [0.1, 0.15) is 34.6 Å². The minimum Gasteiger partial charge on any atom is -0.477 e. The molecule has 0 spiro atoms. The zero-order valence-corrected chi connectivity index (χ0v) is 12.4. The van der Waals surface area contributed by atoms with E-state index < -0.39 is 5.97 Å². The van der Waals surface area contributed by atoms with Gasteiger partial charge in [-0.2, -0.15) is 0 Å². The predicted octanol–water partition coefficient (Wildman–Crippen LogP) is 2.56. The normalized spacial score (nSPS) is 14.3. The Bertz CT molecular complexity index is 652. The van der Waals surface area contributed by atoms with Crippen LogP contribution >= 0.6 is 0 Å². The predicted molar refractivity (Wildman–Crippen MR) is 84.3 cm³/mol. The third-order valence-corrected chi connectivity index (χ3v) is 3.93. The fraction of sp³-hybridized carbons (Fsp3) is 0.353. The van der Waals surface area contributed by atoms with E-state index in [-0.39, 0.29) is 5.56 Å². The van der Waals surface area contributed by atoms with Crippen molar-refractivity contribution in [2.45, 2.75) is 25.7 Å². The first kappa shape index (κ1) is 14.5. The fourth-order valence-electron chi connectivity index (χ4n) is 2.75. The largest absolute Gasteiger partial charge is 0.477 e. The van der Waals surface area contributed by atoms with Gasteiger partial charge in [0.2, 0.25) is 0 Å². The fourth-order valence-corrected chi connectivity index (χ4v) is 2.75. The van der Waals surface area contributed by atoms with Crippen molar-refractivity contribution < 1.29 is 9.90 Å². The number of carboxylic acids is 1. The van der Waals surface area contributed by atoms with Gasteiger partial charge in [-0.15, -0.1) is 0 Å². The second-order valence-corrected chi connectivity index (χ2v) is 5.51. The van der Waals surface area contributed by atoms with Crippen molar-refractivity contribution in [2.75, 3.05) is 18.0 Å². The molecule has 0 aliphatic carbocycles. The highest BCUT2D eigenvalue weighted by atomic mass is 16.4. The topological polar surface area (TPSA) is 66.3 Å². The molecule has 114 valence electrons. The molecule has 1 N–H and O–H groups in total. The molecule has 1 aliphatic heterocycles. The highest BCUT2D eigenvalue weighted by Crippen LogP contribution is 2.22. The number of aromatic nitrogens is 2. The minimum absolute atomic E-state index is 0.199. The zero-order chi connectivity index (χ0) is 15.4. The van der Waals surface area contributed by atoms with Crippen LogP contribution < -0.4 is 4.90 Å². The molecule has 2 heterocycles. The number of rotatable bonds is 5. The third-order valence-electron chi connectivity index (χ3n) is 3.93. The van der Waals surface area contributed by atoms with Crippen LogP contribution in [0.25, 0.3) is 0 Å². The smallest absolute Gasteiger partial charge is 0.341 e. The molecule has 1 saturated heterocycles. The molecule has 22 heavy (non-hydrogen) atoms. The van der Waals surface area contributed by atoms with Crippen LogP contribution in [0.15, 0.2) is 36.5 Å². The standard InChI is InChI=1S/C17H19N3O2/c21-17(22)14-12-18-15(9-8-13-6-2-1-3-7-13)19-16(14)20-10-4-5-11-20/h1-3,6-7,12H,4-5,8-11H2,(H,21,22). The monoisotopic (exact) mass is 297 g/mol. The zero-order valence-electron chi connectivity index (χ0n) is 12.4. The molecule has 0 saturated carbocycles. The number of hydrogen-bond acceptors (Lipinski definition) is 4. The molecule has 5 heteroatoms. The number of nitrogens with zero attached hydrogens (tertiary/aromatic N) is 3. The number of benzene rings is 1. The van der Waals surface area contributed by atoms with Gasteiger partial charge in [0.1, 0.15) is 17.2 Å². The third kappa shape index (κ3) is 3.24. The van der Waals surface area contributed by atoms with E-state index >= 15 is 0 Å². The average molecular weight is 297 g/mol. The summed E-state index contributed by atoms with van der Waals surface area (Å²) in [4.78, 5) is 22.2. The average Bonchev–Trinajstić information content (AvgIpc) is 3.08. The summed E-state index contributed by atoms with van der Waals surface area (Å²) in [7, 11) is 0. The van der Waals surface area contributed by atoms with Crippen molar-refractivity contribution in [1.82, 2.24) is 9.97 Å². The number of hydrogen-bond donors (Lipinski definition) is 1. The van der Waals surface area contributed by atoms with Crippen molar-refractivity contribution in [1.29, 1.82) is 0 Å². The van der Waals surface area contributed by atoms with Crippen molar-refractivity contribution in [3.8, 4) is 0 Å². The molecule has 0 radical (unpaired) electrons. The molecular formula is C17H19N3O2. The maximum absolute atomic E-state index is 11.4. The Labute approximate surface area is 129 Å². The van der Waals surface area contributed by atoms with Gasteiger partial charge in [0, 0.05) is 25.7 Å². The molecule has 2 aromatic rings. The van der Waals surface area contributed by atoms with Gasteiger partial charge in [-0.3, -0.25) is 0 Å². The molecule has 1 aromatic heterocycles. The molecule has 5 nitrogen and oxygen atoms in total. The van der Waals surface area contributed by atoms with E-state index in [9.17, 15) is 9.90 Å². The van der Waals surface area contributed by atoms with Gasteiger partial charge in [-0.1, -0.05) is 30.3 Å². The van der Waals surface area contributed by atoms with Crippen LogP contribution in [-0.4, -0.2) is 34.1 Å². The Balaban J connectivity index is 1.80. The number of anilines is 1. The molecule has 1 aliphatic rings. The van der Waals surface area contributed by atoms with E-state index in [2.05, 4.69) is 27.0 Å². The van der Waals surface area contributed by atoms with Gasteiger partial charge in [-0.05, 0) is 24.8 Å². The van der Waals surface area contributed by atoms with Crippen LogP contribution in [0.4, 0.5) is 5.82 Å². The van der Waals surface area contributed by atoms with Gasteiger partial charge < -0.3 is 10.0 Å². The van der Waals surface area contributed by atoms with Gasteiger partial charge >= 0.3 is 5.97 Å². The molecular weight excluding hydrogens is 278 g/mol. The molecule has 1 fully saturated rings. The highest BCUT2D eigenvalue weighted by Gasteiger charge is 2.21. The Hall–Kier alpha value is -2.43. The maximum Gasteiger partial charge on any atom is 0.341 e. The highest BCUT2D eigenvalue weighted by molar-refractivity contribution is 5.93. The second kappa shape index (κ2) is 6.56. The SMILES string of the molecule is O=C(O)c1cnc(CCc2ccccc2)nc1N1CCCC1. The van der Waals surface area contributed by atoms with Crippen LogP contribution in [-0.2, 0) is 12.8 Å². The van der Waals surface area contributed by atoms with Crippen LogP contribution in [0.3, 0.4) is 0 Å². The first-order valence-corrected chi connectivity index (χ1v) is 7.62. The van der Waals surface area contributed by atoms with E-state index in [0.29, 0.717) is 18.1 Å². The van der Waals surface area contributed by atoms with E-state index in [4.69, 9.17) is 0 Å². The van der Waals surface area contributed by atoms with Crippen molar-refractivity contribution in [2.24, 2.45) is 0 Å². The summed E-state index contributed by atoms with van der Waals surface area (Å²) in [6.07, 6.45) is 5.19. The molecule has 0 atom stereocenters. The second-order valence-electron chi connectivity index (χ2n) is 5.51. The lowest BCUT2D eigenvalue weighted by atomic mass is 10.1. The lowest BCUT2D eigenvalue weighted by molar-refractivity contribution is 0.0696. The molecule has 3 rings (SSSR count). The Morgan fingerprint density at radius 1 is 1.14 bits per heavy atom. The lowest BCUT2D eigenvalue weighted by Gasteiger charge is -2.18. The summed E-state index contributed by atoms with van der Waals surface area (Å²) in [5, 5.41) is 9.32. The Morgan fingerprint density at radius 3 is 2.55 bits per heavy atom. The summed E-state index contributed by atoms with van der Waals surface area (Å²) >= 11 is 0. The van der Waals surface area contributed by atoms with E-state index in [1.54, 1.807) is 0 Å². The minimum atomic E-state index is -0.962. The summed E-state index contributed by atoms with van der Waals surface area (Å²) in [5.74, 6) is 0.315. The molecule has 1 aromatic carbocycles. The van der Waals surface area contributed by atoms with E-state index in [1.165, 1.54) is 11.8 Å². The molecule has 0 amide bonds. The Morgan fingerprint density at radius 2 is 1.86 bits per heavy atom. The van der Waals surface area contributed by atoms with Crippen molar-refractivity contribution >= 4 is 11.8 Å². The number of carbonyl (C=O) groups is 1. The van der Waals surface area contributed by atoms with Gasteiger partial charge in [0.15, 0.2) is 0 Å². The van der Waals surface area contributed by atoms with Crippen LogP contribution in [0.5, 0.6) is 0 Å². The lowest BCUT2D eigenvalue weighted by Crippen LogP contribution is -2.23. The number of aryl methyl sites for hydroxylation is 2. The summed E-state index contributed by atoms with van der Waals surface area (Å²) in [6.45, 7) is 1.74. The van der Waals surface area contributed by atoms with Crippen molar-refractivity contribution in [3.63, 3.8) is 0 Å². The molecule has 0 bridgehead atoms. The van der Waals surface area contributed by atoms with Gasteiger partial charge in [0.05, 0.1) is 0 Å². The Kier molecular flexibility index (Phi) is 4.32. The number of carboxylic acid groups (broad SMARTS) is 1. The first-order chi connectivity index (χ1) is 10.7.